The molecule has 2 unspecified atom stereocenters. The van der Waals surface area contributed by atoms with Gasteiger partial charge in [-0.25, -0.2) is 0 Å². The van der Waals surface area contributed by atoms with E-state index in [1.54, 1.807) is 0 Å². The monoisotopic (exact) mass is 732 g/mol. The molecule has 1 fully saturated rings. The highest BCUT2D eigenvalue weighted by Gasteiger charge is 2.44. The van der Waals surface area contributed by atoms with Crippen LogP contribution in [0.2, 0.25) is 0 Å². The fourth-order valence-corrected chi connectivity index (χ4v) is 5.27. The van der Waals surface area contributed by atoms with Gasteiger partial charge in [0.05, 0.1) is 13.2 Å². The Hall–Kier alpha value is -2.86. The molecule has 0 amide bonds. The first-order valence-corrected chi connectivity index (χ1v) is 19.5. The minimum absolute atomic E-state index is 0.147. The van der Waals surface area contributed by atoms with Crippen molar-refractivity contribution in [2.75, 3.05) is 19.8 Å². The summed E-state index contributed by atoms with van der Waals surface area (Å²) >= 11 is 0. The summed E-state index contributed by atoms with van der Waals surface area (Å²) in [7, 11) is 0. The fourth-order valence-electron chi connectivity index (χ4n) is 5.27. The lowest BCUT2D eigenvalue weighted by molar-refractivity contribution is -0.305. The maximum atomic E-state index is 12.6. The molecule has 6 atom stereocenters. The van der Waals surface area contributed by atoms with Crippen LogP contribution in [0.5, 0.6) is 0 Å². The van der Waals surface area contributed by atoms with Gasteiger partial charge in [0.2, 0.25) is 0 Å². The molecule has 0 radical (unpaired) electrons. The van der Waals surface area contributed by atoms with Crippen LogP contribution in [0, 0.1) is 0 Å². The Morgan fingerprint density at radius 3 is 1.67 bits per heavy atom. The van der Waals surface area contributed by atoms with Gasteiger partial charge >= 0.3 is 11.9 Å². The summed E-state index contributed by atoms with van der Waals surface area (Å²) in [6, 6.07) is 0. The largest absolute Gasteiger partial charge is 0.462 e. The van der Waals surface area contributed by atoms with Gasteiger partial charge in [-0.1, -0.05) is 132 Å². The third kappa shape index (κ3) is 24.4. The van der Waals surface area contributed by atoms with E-state index in [2.05, 4.69) is 74.6 Å². The summed E-state index contributed by atoms with van der Waals surface area (Å²) in [6.45, 7) is 3.16. The Bertz CT molecular complexity index is 1080. The lowest BCUT2D eigenvalue weighted by atomic mass is 9.99. The number of unbranched alkanes of at least 4 members (excludes halogenated alkanes) is 7. The van der Waals surface area contributed by atoms with E-state index in [4.69, 9.17) is 18.9 Å². The van der Waals surface area contributed by atoms with Gasteiger partial charge in [0, 0.05) is 12.8 Å². The van der Waals surface area contributed by atoms with Crippen LogP contribution in [-0.2, 0) is 28.5 Å². The Morgan fingerprint density at radius 1 is 0.615 bits per heavy atom. The van der Waals surface area contributed by atoms with Crippen molar-refractivity contribution in [1.82, 2.24) is 0 Å². The number of aliphatic hydroxyl groups is 4. The van der Waals surface area contributed by atoms with E-state index in [9.17, 15) is 30.0 Å². The maximum absolute atomic E-state index is 12.6. The summed E-state index contributed by atoms with van der Waals surface area (Å²) in [5, 5.41) is 39.8. The highest BCUT2D eigenvalue weighted by molar-refractivity contribution is 5.70. The first-order chi connectivity index (χ1) is 25.3. The Kier molecular flexibility index (Phi) is 29.7. The van der Waals surface area contributed by atoms with E-state index in [1.807, 2.05) is 12.2 Å². The minimum Gasteiger partial charge on any atom is -0.462 e. The summed E-state index contributed by atoms with van der Waals surface area (Å²) < 4.78 is 21.9. The molecule has 1 heterocycles. The van der Waals surface area contributed by atoms with Crippen molar-refractivity contribution in [3.63, 3.8) is 0 Å². The molecule has 4 N–H and O–H groups in total. The molecule has 0 aliphatic carbocycles. The molecule has 0 aromatic rings. The van der Waals surface area contributed by atoms with E-state index in [0.29, 0.717) is 12.8 Å². The van der Waals surface area contributed by atoms with Crippen LogP contribution in [0.25, 0.3) is 0 Å². The highest BCUT2D eigenvalue weighted by Crippen LogP contribution is 2.22. The van der Waals surface area contributed by atoms with Crippen molar-refractivity contribution in [2.45, 2.75) is 160 Å². The van der Waals surface area contributed by atoms with Crippen molar-refractivity contribution < 1.29 is 49.0 Å². The predicted octanol–water partition coefficient (Wildman–Crippen LogP) is 7.27. The Labute approximate surface area is 313 Å². The van der Waals surface area contributed by atoms with Gasteiger partial charge in [-0.3, -0.25) is 9.59 Å². The number of ether oxygens (including phenoxy) is 4. The average Bonchev–Trinajstić information content (AvgIpc) is 3.14. The second kappa shape index (κ2) is 32.8. The molecule has 0 aromatic heterocycles. The zero-order valence-electron chi connectivity index (χ0n) is 31.8. The van der Waals surface area contributed by atoms with Crippen molar-refractivity contribution >= 4 is 11.9 Å². The molecule has 1 aliphatic heterocycles. The summed E-state index contributed by atoms with van der Waals surface area (Å²) in [5.41, 5.74) is 0. The van der Waals surface area contributed by atoms with Gasteiger partial charge in [0.1, 0.15) is 31.0 Å². The van der Waals surface area contributed by atoms with Crippen LogP contribution in [0.15, 0.2) is 72.9 Å². The van der Waals surface area contributed by atoms with Crippen molar-refractivity contribution in [3.8, 4) is 0 Å². The van der Waals surface area contributed by atoms with Crippen LogP contribution in [0.1, 0.15) is 123 Å². The first kappa shape index (κ1) is 47.2. The van der Waals surface area contributed by atoms with E-state index >= 15 is 0 Å². The van der Waals surface area contributed by atoms with Gasteiger partial charge in [-0.15, -0.1) is 0 Å². The highest BCUT2D eigenvalue weighted by atomic mass is 16.7. The fraction of sp³-hybridized carbons (Fsp3) is 0.667. The zero-order chi connectivity index (χ0) is 38.1. The predicted molar refractivity (Wildman–Crippen MR) is 205 cm³/mol. The van der Waals surface area contributed by atoms with Gasteiger partial charge < -0.3 is 39.4 Å². The molecule has 0 saturated carbocycles. The Balaban J connectivity index is 2.41. The number of carbonyl (C=O) groups is 2. The quantitative estimate of drug-likeness (QED) is 0.0337. The molecular weight excluding hydrogens is 664 g/mol. The van der Waals surface area contributed by atoms with E-state index in [1.165, 1.54) is 25.7 Å². The number of hydrogen-bond donors (Lipinski definition) is 4. The molecule has 0 spiro atoms. The summed E-state index contributed by atoms with van der Waals surface area (Å²) in [6.07, 6.45) is 32.3. The van der Waals surface area contributed by atoms with Crippen LogP contribution in [0.4, 0.5) is 0 Å². The number of esters is 2. The third-order valence-electron chi connectivity index (χ3n) is 8.37. The van der Waals surface area contributed by atoms with E-state index in [-0.39, 0.29) is 26.1 Å². The van der Waals surface area contributed by atoms with E-state index in [0.717, 1.165) is 57.8 Å². The number of hydrogen-bond acceptors (Lipinski definition) is 10. The summed E-state index contributed by atoms with van der Waals surface area (Å²) in [5.74, 6) is -0.918. The third-order valence-corrected chi connectivity index (χ3v) is 8.37. The van der Waals surface area contributed by atoms with Crippen molar-refractivity contribution in [1.29, 1.82) is 0 Å². The molecule has 1 saturated heterocycles. The van der Waals surface area contributed by atoms with Crippen LogP contribution >= 0.6 is 0 Å². The topological polar surface area (TPSA) is 152 Å². The maximum Gasteiger partial charge on any atom is 0.306 e. The summed E-state index contributed by atoms with van der Waals surface area (Å²) in [4.78, 5) is 25.1. The van der Waals surface area contributed by atoms with Crippen LogP contribution in [-0.4, -0.2) is 89.0 Å². The molecule has 296 valence electrons. The van der Waals surface area contributed by atoms with E-state index < -0.39 is 55.4 Å². The zero-order valence-corrected chi connectivity index (χ0v) is 31.8. The molecule has 0 bridgehead atoms. The molecular formula is C42H68O10. The number of rotatable bonds is 30. The molecule has 52 heavy (non-hydrogen) atoms. The van der Waals surface area contributed by atoms with Gasteiger partial charge in [0.15, 0.2) is 12.4 Å². The molecule has 0 aromatic carbocycles. The first-order valence-electron chi connectivity index (χ1n) is 19.5. The van der Waals surface area contributed by atoms with Crippen LogP contribution in [0.3, 0.4) is 0 Å². The SMILES string of the molecule is CC/C=C/C/C=C/C/C=C/C/C=C/C/C=C/C/C=C/CCC(=O)OC[C@@H](CO[C@H]1O[C@@H](CO)[C@@H](O)C(O)C1O)OC(=O)CCCCCCCCCC. The second-order valence-electron chi connectivity index (χ2n) is 13.0. The van der Waals surface area contributed by atoms with Crippen LogP contribution < -0.4 is 0 Å². The minimum atomic E-state index is -1.61. The smallest absolute Gasteiger partial charge is 0.306 e. The van der Waals surface area contributed by atoms with Gasteiger partial charge in [-0.05, 0) is 51.4 Å². The standard InChI is InChI=1S/C42H68O10/c1-3-5-7-9-11-13-14-15-16-17-18-19-20-21-22-23-25-26-28-30-37(44)49-33-35(51-38(45)31-29-27-24-12-10-8-6-4-2)34-50-42-41(48)40(47)39(46)36(32-43)52-42/h5,7,11,13,15-16,18-19,21-22,25-26,35-36,39-43,46-48H,3-4,6,8-10,12,14,17,20,23-24,27-34H2,1-2H3/b7-5+,13-11+,16-15+,19-18+,22-21+,26-25+/t35-,36-,39+,40?,41?,42-/m0/s1. The van der Waals surface area contributed by atoms with Gasteiger partial charge in [-0.2, -0.15) is 0 Å². The molecule has 10 nitrogen and oxygen atoms in total. The number of carbonyl (C=O) groups excluding carboxylic acids is 2. The molecule has 10 heteroatoms. The molecule has 1 aliphatic rings. The lowest BCUT2D eigenvalue weighted by Crippen LogP contribution is -2.59. The normalized spacial score (nSPS) is 21.8. The second-order valence-corrected chi connectivity index (χ2v) is 13.0. The van der Waals surface area contributed by atoms with Crippen molar-refractivity contribution in [2.24, 2.45) is 0 Å². The lowest BCUT2D eigenvalue weighted by Gasteiger charge is -2.39. The van der Waals surface area contributed by atoms with Gasteiger partial charge in [0.25, 0.3) is 0 Å². The Morgan fingerprint density at radius 2 is 1.13 bits per heavy atom. The number of aliphatic hydroxyl groups excluding tert-OH is 4. The number of allylic oxidation sites excluding steroid dienone is 12. The molecule has 1 rings (SSSR count). The van der Waals surface area contributed by atoms with Crippen molar-refractivity contribution in [3.05, 3.63) is 72.9 Å². The average molecular weight is 733 g/mol.